The van der Waals surface area contributed by atoms with Crippen molar-refractivity contribution in [2.75, 3.05) is 18.0 Å². The predicted molar refractivity (Wildman–Crippen MR) is 71.8 cm³/mol. The van der Waals surface area contributed by atoms with Gasteiger partial charge >= 0.3 is 0 Å². The van der Waals surface area contributed by atoms with Crippen LogP contribution in [-0.4, -0.2) is 35.2 Å². The van der Waals surface area contributed by atoms with Crippen molar-refractivity contribution in [1.82, 2.24) is 9.97 Å². The van der Waals surface area contributed by atoms with Crippen molar-refractivity contribution >= 4 is 5.82 Å². The van der Waals surface area contributed by atoms with Crippen LogP contribution in [0.15, 0.2) is 12.4 Å². The monoisotopic (exact) mass is 250 g/mol. The van der Waals surface area contributed by atoms with Crippen LogP contribution >= 0.6 is 0 Å². The lowest BCUT2D eigenvalue weighted by Crippen LogP contribution is -2.47. The van der Waals surface area contributed by atoms with E-state index in [4.69, 9.17) is 10.5 Å². The Bertz CT molecular complexity index is 396. The number of aromatic nitrogens is 2. The molecule has 2 atom stereocenters. The Balaban J connectivity index is 2.08. The molecule has 0 radical (unpaired) electrons. The Hall–Kier alpha value is -1.36. The molecule has 2 rings (SSSR count). The number of piperidine rings is 1. The summed E-state index contributed by atoms with van der Waals surface area (Å²) in [5.74, 6) is 2.01. The van der Waals surface area contributed by atoms with E-state index in [1.807, 2.05) is 13.8 Å². The van der Waals surface area contributed by atoms with Crippen molar-refractivity contribution in [1.29, 1.82) is 0 Å². The standard InChI is InChI=1S/C13H22N4O/c1-9(2)18-13-7-15-6-12(16-13)17-5-4-10(3)11(14)8-17/h6-7,9-11H,4-5,8,14H2,1-3H3. The zero-order valence-corrected chi connectivity index (χ0v) is 11.3. The molecule has 0 saturated carbocycles. The van der Waals surface area contributed by atoms with Crippen molar-refractivity contribution in [2.24, 2.45) is 11.7 Å². The maximum atomic E-state index is 6.10. The highest BCUT2D eigenvalue weighted by molar-refractivity contribution is 5.38. The second-order valence-corrected chi connectivity index (χ2v) is 5.26. The first kappa shape index (κ1) is 13.1. The fraction of sp³-hybridized carbons (Fsp3) is 0.692. The van der Waals surface area contributed by atoms with E-state index in [1.54, 1.807) is 12.4 Å². The number of hydrogen-bond donors (Lipinski definition) is 1. The summed E-state index contributed by atoms with van der Waals surface area (Å²) >= 11 is 0. The summed E-state index contributed by atoms with van der Waals surface area (Å²) in [5.41, 5.74) is 6.10. The van der Waals surface area contributed by atoms with E-state index < -0.39 is 0 Å². The molecule has 5 nitrogen and oxygen atoms in total. The van der Waals surface area contributed by atoms with E-state index in [0.717, 1.165) is 25.3 Å². The van der Waals surface area contributed by atoms with Gasteiger partial charge in [-0.15, -0.1) is 0 Å². The van der Waals surface area contributed by atoms with Crippen LogP contribution in [-0.2, 0) is 0 Å². The first-order chi connectivity index (χ1) is 8.56. The smallest absolute Gasteiger partial charge is 0.234 e. The number of nitrogens with two attached hydrogens (primary N) is 1. The number of hydrogen-bond acceptors (Lipinski definition) is 5. The van der Waals surface area contributed by atoms with Gasteiger partial charge in [0.1, 0.15) is 0 Å². The lowest BCUT2D eigenvalue weighted by Gasteiger charge is -2.35. The van der Waals surface area contributed by atoms with Crippen LogP contribution in [0.5, 0.6) is 5.88 Å². The van der Waals surface area contributed by atoms with Crippen LogP contribution in [0.25, 0.3) is 0 Å². The lowest BCUT2D eigenvalue weighted by molar-refractivity contribution is 0.231. The minimum Gasteiger partial charge on any atom is -0.474 e. The second kappa shape index (κ2) is 5.52. The molecule has 1 aliphatic heterocycles. The van der Waals surface area contributed by atoms with Gasteiger partial charge in [0, 0.05) is 19.1 Å². The minimum atomic E-state index is 0.109. The maximum Gasteiger partial charge on any atom is 0.234 e. The van der Waals surface area contributed by atoms with Gasteiger partial charge in [-0.2, -0.15) is 4.98 Å². The molecule has 1 aliphatic rings. The van der Waals surface area contributed by atoms with Crippen LogP contribution in [0.1, 0.15) is 27.2 Å². The van der Waals surface area contributed by atoms with E-state index in [0.29, 0.717) is 11.8 Å². The summed E-state index contributed by atoms with van der Waals surface area (Å²) in [6, 6.07) is 0.204. The topological polar surface area (TPSA) is 64.3 Å². The molecule has 100 valence electrons. The molecule has 1 aromatic rings. The summed E-state index contributed by atoms with van der Waals surface area (Å²) in [4.78, 5) is 10.9. The summed E-state index contributed by atoms with van der Waals surface area (Å²) in [6.45, 7) is 7.97. The van der Waals surface area contributed by atoms with Crippen molar-refractivity contribution < 1.29 is 4.74 Å². The molecule has 1 aromatic heterocycles. The molecule has 0 spiro atoms. The highest BCUT2D eigenvalue weighted by atomic mass is 16.5. The highest BCUT2D eigenvalue weighted by Crippen LogP contribution is 2.21. The van der Waals surface area contributed by atoms with Gasteiger partial charge in [-0.1, -0.05) is 6.92 Å². The van der Waals surface area contributed by atoms with Gasteiger partial charge in [0.15, 0.2) is 5.82 Å². The van der Waals surface area contributed by atoms with Gasteiger partial charge < -0.3 is 15.4 Å². The average molecular weight is 250 g/mol. The Morgan fingerprint density at radius 3 is 2.89 bits per heavy atom. The summed E-state index contributed by atoms with van der Waals surface area (Å²) < 4.78 is 5.56. The molecule has 1 saturated heterocycles. The van der Waals surface area contributed by atoms with Gasteiger partial charge in [0.05, 0.1) is 18.5 Å². The molecule has 18 heavy (non-hydrogen) atoms. The van der Waals surface area contributed by atoms with Crippen LogP contribution < -0.4 is 15.4 Å². The third-order valence-corrected chi connectivity index (χ3v) is 3.30. The molecule has 2 unspecified atom stereocenters. The van der Waals surface area contributed by atoms with Gasteiger partial charge in [-0.25, -0.2) is 0 Å². The summed E-state index contributed by atoms with van der Waals surface area (Å²) in [6.07, 6.45) is 4.63. The van der Waals surface area contributed by atoms with Crippen LogP contribution in [0.4, 0.5) is 5.82 Å². The quantitative estimate of drug-likeness (QED) is 0.879. The third-order valence-electron chi connectivity index (χ3n) is 3.30. The van der Waals surface area contributed by atoms with Crippen LogP contribution in [0, 0.1) is 5.92 Å². The third kappa shape index (κ3) is 3.10. The Labute approximate surface area is 108 Å². The zero-order valence-electron chi connectivity index (χ0n) is 11.3. The number of ether oxygens (including phenoxy) is 1. The molecule has 0 bridgehead atoms. The van der Waals surface area contributed by atoms with E-state index in [1.165, 1.54) is 0 Å². The molecule has 0 aromatic carbocycles. The van der Waals surface area contributed by atoms with E-state index in [2.05, 4.69) is 21.8 Å². The summed E-state index contributed by atoms with van der Waals surface area (Å²) in [5, 5.41) is 0. The highest BCUT2D eigenvalue weighted by Gasteiger charge is 2.24. The van der Waals surface area contributed by atoms with Crippen LogP contribution in [0.2, 0.25) is 0 Å². The first-order valence-corrected chi connectivity index (χ1v) is 6.55. The minimum absolute atomic E-state index is 0.109. The molecule has 2 heterocycles. The van der Waals surface area contributed by atoms with E-state index >= 15 is 0 Å². The van der Waals surface area contributed by atoms with Gasteiger partial charge in [0.25, 0.3) is 0 Å². The molecule has 1 fully saturated rings. The zero-order chi connectivity index (χ0) is 13.1. The van der Waals surface area contributed by atoms with Crippen molar-refractivity contribution in [3.8, 4) is 5.88 Å². The first-order valence-electron chi connectivity index (χ1n) is 6.55. The Kier molecular flexibility index (Phi) is 4.01. The molecule has 0 aliphatic carbocycles. The largest absolute Gasteiger partial charge is 0.474 e. The fourth-order valence-electron chi connectivity index (χ4n) is 2.10. The van der Waals surface area contributed by atoms with E-state index in [-0.39, 0.29) is 12.1 Å². The molecule has 2 N–H and O–H groups in total. The van der Waals surface area contributed by atoms with Crippen molar-refractivity contribution in [2.45, 2.75) is 39.3 Å². The molecule has 0 amide bonds. The molecular formula is C13H22N4O. The summed E-state index contributed by atoms with van der Waals surface area (Å²) in [7, 11) is 0. The second-order valence-electron chi connectivity index (χ2n) is 5.26. The van der Waals surface area contributed by atoms with Crippen molar-refractivity contribution in [3.63, 3.8) is 0 Å². The SMILES string of the molecule is CC(C)Oc1cncc(N2CCC(C)C(N)C2)n1. The number of rotatable bonds is 3. The molecular weight excluding hydrogens is 228 g/mol. The van der Waals surface area contributed by atoms with E-state index in [9.17, 15) is 0 Å². The van der Waals surface area contributed by atoms with Gasteiger partial charge in [-0.3, -0.25) is 4.98 Å². The number of anilines is 1. The maximum absolute atomic E-state index is 6.10. The Morgan fingerprint density at radius 1 is 1.44 bits per heavy atom. The fourth-order valence-corrected chi connectivity index (χ4v) is 2.10. The molecule has 5 heteroatoms. The predicted octanol–water partition coefficient (Wildman–Crippen LogP) is 1.44. The number of nitrogens with zero attached hydrogens (tertiary/aromatic N) is 3. The normalized spacial score (nSPS) is 24.4. The van der Waals surface area contributed by atoms with Crippen molar-refractivity contribution in [3.05, 3.63) is 12.4 Å². The average Bonchev–Trinajstić information content (AvgIpc) is 2.32. The van der Waals surface area contributed by atoms with Crippen LogP contribution in [0.3, 0.4) is 0 Å². The van der Waals surface area contributed by atoms with Gasteiger partial charge in [-0.05, 0) is 26.2 Å². The lowest BCUT2D eigenvalue weighted by atomic mass is 9.94. The Morgan fingerprint density at radius 2 is 2.22 bits per heavy atom. The van der Waals surface area contributed by atoms with Gasteiger partial charge in [0.2, 0.25) is 5.88 Å².